The Labute approximate surface area is 320 Å². The van der Waals surface area contributed by atoms with Crippen molar-refractivity contribution in [3.05, 3.63) is 65.2 Å². The Bertz CT molecular complexity index is 1460. The van der Waals surface area contributed by atoms with E-state index >= 15 is 0 Å². The van der Waals surface area contributed by atoms with Crippen molar-refractivity contribution in [1.82, 2.24) is 5.32 Å². The quantitative estimate of drug-likeness (QED) is 0.0647. The Hall–Kier alpha value is -3.71. The van der Waals surface area contributed by atoms with Crippen LogP contribution in [0, 0.1) is 31.6 Å². The van der Waals surface area contributed by atoms with Gasteiger partial charge in [-0.25, -0.2) is 8.42 Å². The summed E-state index contributed by atoms with van der Waals surface area (Å²) in [7, 11) is -3.55. The maximum absolute atomic E-state index is 12.5. The summed E-state index contributed by atoms with van der Waals surface area (Å²) >= 11 is 0. The summed E-state index contributed by atoms with van der Waals surface area (Å²) in [4.78, 5) is 25.0. The molecule has 0 saturated heterocycles. The molecule has 0 atom stereocenters. The largest absolute Gasteiger partial charge is 0.378 e. The smallest absolute Gasteiger partial charge is 0.251 e. The zero-order chi connectivity index (χ0) is 39.5. The van der Waals surface area contributed by atoms with E-state index in [2.05, 4.69) is 17.2 Å². The van der Waals surface area contributed by atoms with E-state index < -0.39 is 9.84 Å². The molecule has 3 N–H and O–H groups in total. The summed E-state index contributed by atoms with van der Waals surface area (Å²) in [6.07, 6.45) is 9.93. The van der Waals surface area contributed by atoms with E-state index in [0.717, 1.165) is 5.56 Å². The predicted molar refractivity (Wildman–Crippen MR) is 204 cm³/mol. The van der Waals surface area contributed by atoms with Crippen LogP contribution in [0.15, 0.2) is 53.4 Å². The second-order valence-corrected chi connectivity index (χ2v) is 13.2. The van der Waals surface area contributed by atoms with Crippen molar-refractivity contribution in [3.63, 3.8) is 0 Å². The number of Topliss-reactive ketones (excluding diaryl/α,β-unsaturated/α-hetero) is 1. The zero-order valence-electron chi connectivity index (χ0n) is 31.3. The molecule has 0 aromatic heterocycles. The van der Waals surface area contributed by atoms with Gasteiger partial charge in [0.2, 0.25) is 0 Å². The topological polar surface area (TPSA) is 180 Å². The molecular formula is C39H56N2O12S. The average Bonchev–Trinajstić information content (AvgIpc) is 3.18. The third-order valence-electron chi connectivity index (χ3n) is 6.84. The maximum atomic E-state index is 12.5. The second kappa shape index (κ2) is 32.7. The minimum atomic E-state index is -3.55. The third-order valence-corrected chi connectivity index (χ3v) is 8.58. The third kappa shape index (κ3) is 25.3. The Balaban J connectivity index is 0.000000765. The van der Waals surface area contributed by atoms with E-state index in [1.54, 1.807) is 24.3 Å². The number of rotatable bonds is 31. The van der Waals surface area contributed by atoms with Gasteiger partial charge < -0.3 is 48.9 Å². The molecule has 0 aliphatic rings. The minimum absolute atomic E-state index is 0.141. The first-order valence-corrected chi connectivity index (χ1v) is 19.3. The van der Waals surface area contributed by atoms with Gasteiger partial charge in [0.1, 0.15) is 13.2 Å². The highest BCUT2D eigenvalue weighted by atomic mass is 32.2. The summed E-state index contributed by atoms with van der Waals surface area (Å²) in [5.74, 6) is 3.87. The van der Waals surface area contributed by atoms with Crippen LogP contribution in [-0.4, -0.2) is 145 Å². The van der Waals surface area contributed by atoms with Crippen molar-refractivity contribution in [2.24, 2.45) is 5.73 Å². The number of terminal acetylenes is 2. The van der Waals surface area contributed by atoms with Gasteiger partial charge >= 0.3 is 0 Å². The Kier molecular flexibility index (Phi) is 29.3. The van der Waals surface area contributed by atoms with Crippen LogP contribution < -0.4 is 11.1 Å². The van der Waals surface area contributed by atoms with Crippen LogP contribution in [0.4, 0.5) is 0 Å². The molecule has 0 aliphatic heterocycles. The molecular weight excluding hydrogens is 720 g/mol. The highest BCUT2D eigenvalue weighted by Gasteiger charge is 2.17. The number of benzene rings is 2. The lowest BCUT2D eigenvalue weighted by Gasteiger charge is -2.08. The molecule has 300 valence electrons. The monoisotopic (exact) mass is 776 g/mol. The molecule has 0 fully saturated rings. The van der Waals surface area contributed by atoms with Gasteiger partial charge in [-0.05, 0) is 31.2 Å². The van der Waals surface area contributed by atoms with Crippen molar-refractivity contribution in [3.8, 4) is 24.7 Å². The number of hydrogen-bond acceptors (Lipinski definition) is 13. The maximum Gasteiger partial charge on any atom is 0.251 e. The number of hydrogen-bond donors (Lipinski definition) is 2. The number of ketones is 1. The summed E-state index contributed by atoms with van der Waals surface area (Å²) in [6, 6.07) is 12.7. The highest BCUT2D eigenvalue weighted by Crippen LogP contribution is 2.15. The average molecular weight is 777 g/mol. The predicted octanol–water partition coefficient (Wildman–Crippen LogP) is 2.12. The Morgan fingerprint density at radius 1 is 0.611 bits per heavy atom. The normalized spacial score (nSPS) is 10.9. The second-order valence-electron chi connectivity index (χ2n) is 11.1. The molecule has 0 unspecified atom stereocenters. The number of nitrogens with two attached hydrogens (primary N) is 1. The molecule has 0 saturated carbocycles. The number of ether oxygens (including phenoxy) is 8. The molecule has 0 heterocycles. The van der Waals surface area contributed by atoms with Gasteiger partial charge in [0.05, 0.1) is 103 Å². The molecule has 2 aromatic rings. The minimum Gasteiger partial charge on any atom is -0.378 e. The van der Waals surface area contributed by atoms with Crippen molar-refractivity contribution in [2.45, 2.75) is 18.2 Å². The molecule has 54 heavy (non-hydrogen) atoms. The number of carbonyl (C=O) groups is 2. The van der Waals surface area contributed by atoms with Gasteiger partial charge in [0.15, 0.2) is 15.6 Å². The van der Waals surface area contributed by atoms with E-state index in [0.29, 0.717) is 123 Å². The van der Waals surface area contributed by atoms with E-state index in [4.69, 9.17) is 56.5 Å². The molecule has 0 radical (unpaired) electrons. The molecule has 1 amide bonds. The number of amides is 1. The lowest BCUT2D eigenvalue weighted by molar-refractivity contribution is 0.00176. The molecule has 14 nitrogen and oxygen atoms in total. The van der Waals surface area contributed by atoms with Crippen molar-refractivity contribution >= 4 is 21.5 Å². The fourth-order valence-corrected chi connectivity index (χ4v) is 5.29. The van der Waals surface area contributed by atoms with Gasteiger partial charge in [-0.2, -0.15) is 0 Å². The van der Waals surface area contributed by atoms with Gasteiger partial charge in [0.25, 0.3) is 5.91 Å². The fourth-order valence-electron chi connectivity index (χ4n) is 4.05. The summed E-state index contributed by atoms with van der Waals surface area (Å²) < 4.78 is 66.7. The first kappa shape index (κ1) is 48.3. The van der Waals surface area contributed by atoms with Crippen molar-refractivity contribution < 1.29 is 55.9 Å². The van der Waals surface area contributed by atoms with Crippen LogP contribution in [0.2, 0.25) is 0 Å². The van der Waals surface area contributed by atoms with Gasteiger partial charge in [0, 0.05) is 30.6 Å². The first-order valence-electron chi connectivity index (χ1n) is 17.6. The molecule has 15 heteroatoms. The van der Waals surface area contributed by atoms with Gasteiger partial charge in [-0.3, -0.25) is 9.59 Å². The van der Waals surface area contributed by atoms with Crippen LogP contribution in [0.25, 0.3) is 0 Å². The Morgan fingerprint density at radius 2 is 1.02 bits per heavy atom. The van der Waals surface area contributed by atoms with Crippen LogP contribution in [0.3, 0.4) is 0 Å². The lowest BCUT2D eigenvalue weighted by atomic mass is 10.1. The standard InChI is InChI=1S/C28H35NO8S.C11H21NO4/c1-3-14-34-16-18-36-20-21-37-19-17-35-15-13-29-28(31)25-8-6-24(7-9-25)27(30)12-22-38(32,33)26-10-4-23(2)5-11-26;1-2-4-13-6-8-15-10-11-16-9-7-14-5-3-12/h1,4-11H,12-22H2,2H3,(H,29,31);1H,3-12H2. The Morgan fingerprint density at radius 3 is 1.46 bits per heavy atom. The van der Waals surface area contributed by atoms with Gasteiger partial charge in [-0.15, -0.1) is 12.8 Å². The molecule has 0 spiro atoms. The van der Waals surface area contributed by atoms with Crippen molar-refractivity contribution in [2.75, 3.05) is 125 Å². The van der Waals surface area contributed by atoms with Crippen LogP contribution in [-0.2, 0) is 47.7 Å². The van der Waals surface area contributed by atoms with E-state index in [-0.39, 0.29) is 35.4 Å². The molecule has 2 rings (SSSR count). The summed E-state index contributed by atoms with van der Waals surface area (Å²) in [5.41, 5.74) is 6.95. The molecule has 0 bridgehead atoms. The van der Waals surface area contributed by atoms with Crippen LogP contribution in [0.1, 0.15) is 32.7 Å². The lowest BCUT2D eigenvalue weighted by Crippen LogP contribution is -2.27. The van der Waals surface area contributed by atoms with E-state index in [1.165, 1.54) is 24.3 Å². The van der Waals surface area contributed by atoms with Crippen LogP contribution >= 0.6 is 0 Å². The number of sulfone groups is 1. The molecule has 0 aliphatic carbocycles. The van der Waals surface area contributed by atoms with Crippen molar-refractivity contribution in [1.29, 1.82) is 0 Å². The van der Waals surface area contributed by atoms with Crippen LogP contribution in [0.5, 0.6) is 0 Å². The number of carbonyl (C=O) groups excluding carboxylic acids is 2. The van der Waals surface area contributed by atoms with Gasteiger partial charge in [-0.1, -0.05) is 41.7 Å². The summed E-state index contributed by atoms with van der Waals surface area (Å²) in [5, 5.41) is 2.74. The highest BCUT2D eigenvalue weighted by molar-refractivity contribution is 7.91. The first-order chi connectivity index (χ1) is 26.2. The zero-order valence-corrected chi connectivity index (χ0v) is 32.1. The SMILES string of the molecule is C#CCOCCOCCOCCOCCN.C#CCOCCOCCOCCOCCNC(=O)c1ccc(C(=O)CCS(=O)(=O)c2ccc(C)cc2)cc1. The van der Waals surface area contributed by atoms with E-state index in [1.807, 2.05) is 6.92 Å². The van der Waals surface area contributed by atoms with E-state index in [9.17, 15) is 18.0 Å². The number of aryl methyl sites for hydroxylation is 1. The fraction of sp³-hybridized carbons (Fsp3) is 0.538. The number of nitrogens with one attached hydrogen (secondary N) is 1. The molecule has 2 aromatic carbocycles. The summed E-state index contributed by atoms with van der Waals surface area (Å²) in [6.45, 7) is 10.1.